The van der Waals surface area contributed by atoms with Crippen LogP contribution in [-0.4, -0.2) is 11.9 Å². The van der Waals surface area contributed by atoms with Gasteiger partial charge in [0, 0.05) is 15.5 Å². The second-order valence-electron chi connectivity index (χ2n) is 4.03. The van der Waals surface area contributed by atoms with Crippen LogP contribution in [-0.2, 0) is 0 Å². The number of alkyl halides is 1. The molecule has 1 aromatic carbocycles. The van der Waals surface area contributed by atoms with E-state index in [1.54, 1.807) is 24.3 Å². The summed E-state index contributed by atoms with van der Waals surface area (Å²) >= 11 is 7.34. The molecule has 5 heteroatoms. The lowest BCUT2D eigenvalue weighted by Crippen LogP contribution is -2.22. The molecule has 1 N–H and O–H groups in total. The van der Waals surface area contributed by atoms with Crippen LogP contribution >= 0.6 is 22.9 Å². The predicted molar refractivity (Wildman–Crippen MR) is 73.1 cm³/mol. The molecule has 2 aromatic rings. The van der Waals surface area contributed by atoms with E-state index in [1.807, 2.05) is 17.5 Å². The summed E-state index contributed by atoms with van der Waals surface area (Å²) in [4.78, 5) is 0.954. The molecule has 1 aliphatic rings. The molecule has 0 saturated carbocycles. The molecule has 0 spiro atoms. The van der Waals surface area contributed by atoms with Gasteiger partial charge in [0.2, 0.25) is 0 Å². The van der Waals surface area contributed by atoms with Gasteiger partial charge in [0.25, 0.3) is 0 Å². The van der Waals surface area contributed by atoms with Gasteiger partial charge in [-0.25, -0.2) is 4.39 Å². The molecule has 0 amide bonds. The summed E-state index contributed by atoms with van der Waals surface area (Å²) in [6.45, 7) is 0. The van der Waals surface area contributed by atoms with E-state index in [4.69, 9.17) is 11.6 Å². The third-order valence-corrected chi connectivity index (χ3v) is 4.08. The zero-order chi connectivity index (χ0) is 12.5. The lowest BCUT2D eigenvalue weighted by molar-refractivity contribution is 0.357. The summed E-state index contributed by atoms with van der Waals surface area (Å²) in [7, 11) is 0. The van der Waals surface area contributed by atoms with Crippen molar-refractivity contribution in [2.24, 2.45) is 5.10 Å². The predicted octanol–water partition coefficient (Wildman–Crippen LogP) is 3.79. The maximum absolute atomic E-state index is 14.4. The van der Waals surface area contributed by atoms with Crippen LogP contribution in [0.2, 0.25) is 5.02 Å². The summed E-state index contributed by atoms with van der Waals surface area (Å²) < 4.78 is 14.4. The van der Waals surface area contributed by atoms with Gasteiger partial charge in [-0.05, 0) is 23.6 Å². The molecule has 0 saturated heterocycles. The fourth-order valence-corrected chi connectivity index (χ4v) is 2.86. The highest BCUT2D eigenvalue weighted by molar-refractivity contribution is 7.10. The number of nitrogens with zero attached hydrogens (tertiary/aromatic N) is 1. The van der Waals surface area contributed by atoms with Gasteiger partial charge in [-0.15, -0.1) is 11.3 Å². The summed E-state index contributed by atoms with van der Waals surface area (Å²) in [5, 5.41) is 6.68. The second kappa shape index (κ2) is 4.71. The standard InChI is InChI=1S/C13H10ClFN2S/c14-9-5-3-8(4-6-9)12-11(15)13(17-16-12)10-2-1-7-18-10/h1-7,11,13,17H. The van der Waals surface area contributed by atoms with Crippen LogP contribution in [0.25, 0.3) is 0 Å². The molecule has 2 unspecified atom stereocenters. The van der Waals surface area contributed by atoms with E-state index in [2.05, 4.69) is 10.5 Å². The molecule has 18 heavy (non-hydrogen) atoms. The van der Waals surface area contributed by atoms with Crippen LogP contribution < -0.4 is 5.43 Å². The Labute approximate surface area is 113 Å². The zero-order valence-electron chi connectivity index (χ0n) is 9.31. The van der Waals surface area contributed by atoms with Gasteiger partial charge in [-0.2, -0.15) is 5.10 Å². The Morgan fingerprint density at radius 3 is 2.67 bits per heavy atom. The molecule has 0 fully saturated rings. The first kappa shape index (κ1) is 11.7. The van der Waals surface area contributed by atoms with Crippen molar-refractivity contribution in [1.29, 1.82) is 0 Å². The Morgan fingerprint density at radius 2 is 2.00 bits per heavy atom. The average Bonchev–Trinajstić information content (AvgIpc) is 2.99. The average molecular weight is 281 g/mol. The number of hydrogen-bond donors (Lipinski definition) is 1. The van der Waals surface area contributed by atoms with Crippen molar-refractivity contribution >= 4 is 28.6 Å². The van der Waals surface area contributed by atoms with E-state index >= 15 is 0 Å². The molecular formula is C13H10ClFN2S. The molecule has 1 aliphatic heterocycles. The number of thiophene rings is 1. The molecule has 0 aliphatic carbocycles. The molecule has 0 radical (unpaired) electrons. The fourth-order valence-electron chi connectivity index (χ4n) is 1.94. The van der Waals surface area contributed by atoms with Gasteiger partial charge < -0.3 is 0 Å². The van der Waals surface area contributed by atoms with E-state index in [0.29, 0.717) is 10.7 Å². The van der Waals surface area contributed by atoms with Crippen LogP contribution in [0.1, 0.15) is 16.5 Å². The Hall–Kier alpha value is -1.39. The zero-order valence-corrected chi connectivity index (χ0v) is 10.9. The fraction of sp³-hybridized carbons (Fsp3) is 0.154. The van der Waals surface area contributed by atoms with E-state index in [-0.39, 0.29) is 6.04 Å². The number of hydrazone groups is 1. The molecule has 2 atom stereocenters. The van der Waals surface area contributed by atoms with Crippen LogP contribution in [0.4, 0.5) is 4.39 Å². The van der Waals surface area contributed by atoms with Crippen LogP contribution in [0.5, 0.6) is 0 Å². The molecule has 92 valence electrons. The van der Waals surface area contributed by atoms with E-state index in [1.165, 1.54) is 11.3 Å². The normalized spacial score (nSPS) is 22.7. The third-order valence-electron chi connectivity index (χ3n) is 2.87. The van der Waals surface area contributed by atoms with Crippen molar-refractivity contribution in [1.82, 2.24) is 5.43 Å². The monoisotopic (exact) mass is 280 g/mol. The second-order valence-corrected chi connectivity index (χ2v) is 5.44. The highest BCUT2D eigenvalue weighted by Crippen LogP contribution is 2.30. The van der Waals surface area contributed by atoms with E-state index < -0.39 is 6.17 Å². The molecule has 2 heterocycles. The van der Waals surface area contributed by atoms with Crippen molar-refractivity contribution in [3.63, 3.8) is 0 Å². The summed E-state index contributed by atoms with van der Waals surface area (Å²) in [6.07, 6.45) is -1.13. The van der Waals surface area contributed by atoms with Gasteiger partial charge in [0.05, 0.1) is 0 Å². The molecule has 3 rings (SSSR count). The van der Waals surface area contributed by atoms with Crippen molar-refractivity contribution in [2.45, 2.75) is 12.2 Å². The van der Waals surface area contributed by atoms with Crippen molar-refractivity contribution in [2.75, 3.05) is 0 Å². The van der Waals surface area contributed by atoms with Crippen molar-refractivity contribution < 1.29 is 4.39 Å². The number of benzene rings is 1. The smallest absolute Gasteiger partial charge is 0.171 e. The third kappa shape index (κ3) is 2.02. The SMILES string of the molecule is FC1C(c2ccc(Cl)cc2)=NNC1c1cccs1. The minimum atomic E-state index is -1.13. The first-order chi connectivity index (χ1) is 8.75. The Kier molecular flexibility index (Phi) is 3.06. The summed E-state index contributed by atoms with van der Waals surface area (Å²) in [5.41, 5.74) is 4.06. The Bertz CT molecular complexity index is 565. The molecule has 0 bridgehead atoms. The van der Waals surface area contributed by atoms with E-state index in [9.17, 15) is 4.39 Å². The van der Waals surface area contributed by atoms with Gasteiger partial charge in [0.1, 0.15) is 11.8 Å². The maximum Gasteiger partial charge on any atom is 0.171 e. The van der Waals surface area contributed by atoms with Crippen molar-refractivity contribution in [3.8, 4) is 0 Å². The van der Waals surface area contributed by atoms with Gasteiger partial charge >= 0.3 is 0 Å². The lowest BCUT2D eigenvalue weighted by Gasteiger charge is -2.11. The topological polar surface area (TPSA) is 24.4 Å². The first-order valence-corrected chi connectivity index (χ1v) is 6.78. The minimum Gasteiger partial charge on any atom is -0.298 e. The number of nitrogens with one attached hydrogen (secondary N) is 1. The number of halogens is 2. The van der Waals surface area contributed by atoms with Crippen LogP contribution in [0.15, 0.2) is 46.9 Å². The van der Waals surface area contributed by atoms with Gasteiger partial charge in [-0.1, -0.05) is 29.8 Å². The molecule has 1 aromatic heterocycles. The maximum atomic E-state index is 14.4. The van der Waals surface area contributed by atoms with Crippen LogP contribution in [0.3, 0.4) is 0 Å². The van der Waals surface area contributed by atoms with Crippen LogP contribution in [0, 0.1) is 0 Å². The number of hydrogen-bond acceptors (Lipinski definition) is 3. The highest BCUT2D eigenvalue weighted by Gasteiger charge is 2.34. The number of rotatable bonds is 2. The minimum absolute atomic E-state index is 0.379. The molecule has 2 nitrogen and oxygen atoms in total. The van der Waals surface area contributed by atoms with Gasteiger partial charge in [0.15, 0.2) is 6.17 Å². The quantitative estimate of drug-likeness (QED) is 0.889. The summed E-state index contributed by atoms with van der Waals surface area (Å²) in [5.74, 6) is 0. The van der Waals surface area contributed by atoms with E-state index in [0.717, 1.165) is 10.4 Å². The summed E-state index contributed by atoms with van der Waals surface area (Å²) in [6, 6.07) is 10.5. The largest absolute Gasteiger partial charge is 0.298 e. The molecular weight excluding hydrogens is 271 g/mol. The first-order valence-electron chi connectivity index (χ1n) is 5.52. The van der Waals surface area contributed by atoms with Crippen molar-refractivity contribution in [3.05, 3.63) is 57.2 Å². The van der Waals surface area contributed by atoms with Gasteiger partial charge in [-0.3, -0.25) is 5.43 Å². The Morgan fingerprint density at radius 1 is 1.22 bits per heavy atom. The lowest BCUT2D eigenvalue weighted by atomic mass is 10.0. The Balaban J connectivity index is 1.86. The highest BCUT2D eigenvalue weighted by atomic mass is 35.5.